The predicted octanol–water partition coefficient (Wildman–Crippen LogP) is 6.15. The number of anilines is 3. The molecule has 2 unspecified atom stereocenters. The Labute approximate surface area is 184 Å². The van der Waals surface area contributed by atoms with Crippen LogP contribution in [0.25, 0.3) is 0 Å². The van der Waals surface area contributed by atoms with E-state index in [-0.39, 0.29) is 0 Å². The Hall–Kier alpha value is -3.02. The number of hydrogen-bond acceptors (Lipinski definition) is 5. The van der Waals surface area contributed by atoms with Crippen molar-refractivity contribution >= 4 is 17.1 Å². The number of rotatable bonds is 11. The van der Waals surface area contributed by atoms with E-state index < -0.39 is 12.6 Å². The Morgan fingerprint density at radius 3 is 1.39 bits per heavy atom. The molecule has 0 aromatic heterocycles. The van der Waals surface area contributed by atoms with Gasteiger partial charge in [-0.15, -0.1) is 0 Å². The Morgan fingerprint density at radius 2 is 1.00 bits per heavy atom. The van der Waals surface area contributed by atoms with Crippen LogP contribution in [0.15, 0.2) is 78.9 Å². The van der Waals surface area contributed by atoms with E-state index >= 15 is 0 Å². The number of aliphatic hydroxyl groups excluding tert-OH is 2. The van der Waals surface area contributed by atoms with Gasteiger partial charge in [-0.05, 0) is 60.7 Å². The molecule has 0 amide bonds. The SMILES string of the molecule is CCCC(O)Oc1ccc(N(c2ccccc2)c2ccc(OC(O)CCC)cc2)cc1. The smallest absolute Gasteiger partial charge is 0.197 e. The van der Waals surface area contributed by atoms with Gasteiger partial charge in [0.25, 0.3) is 0 Å². The number of ether oxygens (including phenoxy) is 2. The summed E-state index contributed by atoms with van der Waals surface area (Å²) in [6, 6.07) is 25.4. The molecule has 0 fully saturated rings. The molecule has 31 heavy (non-hydrogen) atoms. The molecular formula is C26H31NO4. The van der Waals surface area contributed by atoms with Crippen molar-refractivity contribution in [3.8, 4) is 11.5 Å². The number of aliphatic hydroxyl groups is 2. The summed E-state index contributed by atoms with van der Waals surface area (Å²) in [6.07, 6.45) is 1.32. The third kappa shape index (κ3) is 6.48. The molecule has 0 aliphatic rings. The molecule has 3 aromatic rings. The first-order chi connectivity index (χ1) is 15.1. The number of hydrogen-bond donors (Lipinski definition) is 2. The summed E-state index contributed by atoms with van der Waals surface area (Å²) in [7, 11) is 0. The van der Waals surface area contributed by atoms with Crippen molar-refractivity contribution in [1.82, 2.24) is 0 Å². The van der Waals surface area contributed by atoms with Gasteiger partial charge in [0.1, 0.15) is 11.5 Å². The normalized spacial score (nSPS) is 12.8. The number of nitrogens with zero attached hydrogens (tertiary/aromatic N) is 1. The Bertz CT molecular complexity index is 839. The molecule has 0 saturated carbocycles. The van der Waals surface area contributed by atoms with E-state index in [4.69, 9.17) is 9.47 Å². The molecule has 0 heterocycles. The zero-order valence-corrected chi connectivity index (χ0v) is 18.1. The first-order valence-corrected chi connectivity index (χ1v) is 10.9. The quantitative estimate of drug-likeness (QED) is 0.364. The van der Waals surface area contributed by atoms with E-state index in [9.17, 15) is 10.2 Å². The average Bonchev–Trinajstić information content (AvgIpc) is 2.77. The molecule has 5 nitrogen and oxygen atoms in total. The van der Waals surface area contributed by atoms with Gasteiger partial charge >= 0.3 is 0 Å². The molecule has 0 aliphatic heterocycles. The van der Waals surface area contributed by atoms with Crippen LogP contribution in [-0.2, 0) is 0 Å². The van der Waals surface area contributed by atoms with Gasteiger partial charge in [0.05, 0.1) is 0 Å². The highest BCUT2D eigenvalue weighted by atomic mass is 16.6. The van der Waals surface area contributed by atoms with E-state index in [1.807, 2.05) is 92.7 Å². The maximum absolute atomic E-state index is 9.90. The van der Waals surface area contributed by atoms with Gasteiger partial charge < -0.3 is 24.6 Å². The molecule has 3 rings (SSSR count). The minimum Gasteiger partial charge on any atom is -0.465 e. The highest BCUT2D eigenvalue weighted by molar-refractivity contribution is 5.76. The summed E-state index contributed by atoms with van der Waals surface area (Å²) in [4.78, 5) is 2.12. The van der Waals surface area contributed by atoms with Crippen molar-refractivity contribution in [2.45, 2.75) is 52.1 Å². The standard InChI is InChI=1S/C26H31NO4/c1-3-8-25(28)30-23-16-12-21(13-17-23)27(20-10-6-5-7-11-20)22-14-18-24(19-15-22)31-26(29)9-4-2/h5-7,10-19,25-26,28-29H,3-4,8-9H2,1-2H3. The van der Waals surface area contributed by atoms with Crippen molar-refractivity contribution in [2.24, 2.45) is 0 Å². The van der Waals surface area contributed by atoms with Gasteiger partial charge in [0.15, 0.2) is 12.6 Å². The minimum atomic E-state index is -0.795. The monoisotopic (exact) mass is 421 g/mol. The van der Waals surface area contributed by atoms with Gasteiger partial charge in [0, 0.05) is 29.9 Å². The van der Waals surface area contributed by atoms with E-state index in [1.54, 1.807) is 0 Å². The van der Waals surface area contributed by atoms with Crippen LogP contribution in [0.3, 0.4) is 0 Å². The van der Waals surface area contributed by atoms with Crippen LogP contribution in [0.4, 0.5) is 17.1 Å². The molecule has 0 spiro atoms. The topological polar surface area (TPSA) is 62.2 Å². The minimum absolute atomic E-state index is 0.596. The summed E-state index contributed by atoms with van der Waals surface area (Å²) >= 11 is 0. The second-order valence-electron chi connectivity index (χ2n) is 7.38. The molecule has 0 saturated heterocycles. The van der Waals surface area contributed by atoms with E-state index in [0.717, 1.165) is 29.9 Å². The molecule has 2 atom stereocenters. The lowest BCUT2D eigenvalue weighted by Crippen LogP contribution is -2.15. The van der Waals surface area contributed by atoms with Gasteiger partial charge in [-0.25, -0.2) is 0 Å². The molecule has 2 N–H and O–H groups in total. The number of benzene rings is 3. The van der Waals surface area contributed by atoms with E-state index in [1.165, 1.54) is 0 Å². The van der Waals surface area contributed by atoms with Gasteiger partial charge in [0.2, 0.25) is 0 Å². The van der Waals surface area contributed by atoms with Gasteiger partial charge in [-0.1, -0.05) is 44.9 Å². The van der Waals surface area contributed by atoms with Crippen LogP contribution < -0.4 is 14.4 Å². The molecular weight excluding hydrogens is 390 g/mol. The Morgan fingerprint density at radius 1 is 0.613 bits per heavy atom. The summed E-state index contributed by atoms with van der Waals surface area (Å²) in [5.41, 5.74) is 2.94. The summed E-state index contributed by atoms with van der Waals surface area (Å²) in [6.45, 7) is 4.02. The molecule has 0 radical (unpaired) electrons. The van der Waals surface area contributed by atoms with Crippen LogP contribution in [-0.4, -0.2) is 22.8 Å². The summed E-state index contributed by atoms with van der Waals surface area (Å²) < 4.78 is 11.1. The van der Waals surface area contributed by atoms with Crippen LogP contribution in [0.2, 0.25) is 0 Å². The van der Waals surface area contributed by atoms with Crippen molar-refractivity contribution in [1.29, 1.82) is 0 Å². The first-order valence-electron chi connectivity index (χ1n) is 10.9. The molecule has 0 aliphatic carbocycles. The Balaban J connectivity index is 1.84. The fourth-order valence-corrected chi connectivity index (χ4v) is 3.30. The lowest BCUT2D eigenvalue weighted by molar-refractivity contribution is -0.0237. The fourth-order valence-electron chi connectivity index (χ4n) is 3.30. The third-order valence-electron chi connectivity index (χ3n) is 4.82. The maximum atomic E-state index is 9.90. The largest absolute Gasteiger partial charge is 0.465 e. The van der Waals surface area contributed by atoms with E-state index in [2.05, 4.69) is 4.90 Å². The van der Waals surface area contributed by atoms with Crippen LogP contribution in [0.5, 0.6) is 11.5 Å². The lowest BCUT2D eigenvalue weighted by atomic mass is 10.2. The molecule has 3 aromatic carbocycles. The predicted molar refractivity (Wildman–Crippen MR) is 124 cm³/mol. The second kappa shape index (κ2) is 11.4. The first kappa shape index (κ1) is 22.7. The van der Waals surface area contributed by atoms with E-state index in [0.29, 0.717) is 24.3 Å². The zero-order chi connectivity index (χ0) is 22.1. The average molecular weight is 422 g/mol. The zero-order valence-electron chi connectivity index (χ0n) is 18.1. The van der Waals surface area contributed by atoms with Crippen LogP contribution >= 0.6 is 0 Å². The van der Waals surface area contributed by atoms with Gasteiger partial charge in [-0.3, -0.25) is 0 Å². The van der Waals surface area contributed by atoms with Crippen molar-refractivity contribution in [3.05, 3.63) is 78.9 Å². The number of para-hydroxylation sites is 1. The van der Waals surface area contributed by atoms with Crippen LogP contribution in [0.1, 0.15) is 39.5 Å². The molecule has 0 bridgehead atoms. The molecule has 5 heteroatoms. The second-order valence-corrected chi connectivity index (χ2v) is 7.38. The van der Waals surface area contributed by atoms with Crippen molar-refractivity contribution in [2.75, 3.05) is 4.90 Å². The summed E-state index contributed by atoms with van der Waals surface area (Å²) in [5, 5.41) is 19.8. The fraction of sp³-hybridized carbons (Fsp3) is 0.308. The summed E-state index contributed by atoms with van der Waals surface area (Å²) in [5.74, 6) is 1.26. The molecule has 164 valence electrons. The van der Waals surface area contributed by atoms with Gasteiger partial charge in [-0.2, -0.15) is 0 Å². The van der Waals surface area contributed by atoms with Crippen molar-refractivity contribution in [3.63, 3.8) is 0 Å². The maximum Gasteiger partial charge on any atom is 0.197 e. The van der Waals surface area contributed by atoms with Crippen molar-refractivity contribution < 1.29 is 19.7 Å². The highest BCUT2D eigenvalue weighted by Gasteiger charge is 2.14. The Kier molecular flexibility index (Phi) is 8.33. The van der Waals surface area contributed by atoms with Crippen LogP contribution in [0, 0.1) is 0 Å². The third-order valence-corrected chi connectivity index (χ3v) is 4.82. The lowest BCUT2D eigenvalue weighted by Gasteiger charge is -2.26. The highest BCUT2D eigenvalue weighted by Crippen LogP contribution is 2.36.